The number of hydrogen-bond acceptors (Lipinski definition) is 2. The Morgan fingerprint density at radius 2 is 1.82 bits per heavy atom. The highest BCUT2D eigenvalue weighted by Gasteiger charge is 2.06. The number of carbonyl (C=O) groups excluding carboxylic acids is 1. The van der Waals surface area contributed by atoms with Gasteiger partial charge in [0, 0.05) is 24.5 Å². The van der Waals surface area contributed by atoms with Crippen LogP contribution in [0.25, 0.3) is 0 Å². The van der Waals surface area contributed by atoms with Crippen molar-refractivity contribution in [3.63, 3.8) is 0 Å². The molecule has 0 atom stereocenters. The van der Waals surface area contributed by atoms with Crippen molar-refractivity contribution < 1.29 is 9.18 Å². The normalized spacial score (nSPS) is 10.5. The van der Waals surface area contributed by atoms with Crippen molar-refractivity contribution >= 4 is 34.8 Å². The first-order valence-electron chi connectivity index (χ1n) is 6.74. The molecule has 0 aliphatic heterocycles. The second-order valence-electron chi connectivity index (χ2n) is 4.73. The summed E-state index contributed by atoms with van der Waals surface area (Å²) >= 11 is 11.8. The Morgan fingerprint density at radius 1 is 1.09 bits per heavy atom. The van der Waals surface area contributed by atoms with Crippen LogP contribution in [0.15, 0.2) is 42.5 Å². The van der Waals surface area contributed by atoms with Gasteiger partial charge >= 0.3 is 0 Å². The monoisotopic (exact) mass is 340 g/mol. The van der Waals surface area contributed by atoms with E-state index in [0.29, 0.717) is 35.2 Å². The molecule has 1 amide bonds. The maximum Gasteiger partial charge on any atom is 0.225 e. The van der Waals surface area contributed by atoms with Gasteiger partial charge in [-0.3, -0.25) is 4.79 Å². The van der Waals surface area contributed by atoms with Crippen LogP contribution in [0, 0.1) is 5.82 Å². The molecular formula is C16H15Cl2FN2O. The fourth-order valence-corrected chi connectivity index (χ4v) is 2.18. The molecule has 0 unspecified atom stereocenters. The topological polar surface area (TPSA) is 41.1 Å². The summed E-state index contributed by atoms with van der Waals surface area (Å²) in [6, 6.07) is 11.1. The van der Waals surface area contributed by atoms with E-state index >= 15 is 0 Å². The zero-order chi connectivity index (χ0) is 15.9. The molecule has 116 valence electrons. The van der Waals surface area contributed by atoms with E-state index in [9.17, 15) is 9.18 Å². The fraction of sp³-hybridized carbons (Fsp3) is 0.188. The Kier molecular flexibility index (Phi) is 6.19. The standard InChI is InChI=1S/C16H15Cl2FN2O/c17-12-3-6-14(18)15(9-12)21-16(22)7-8-20-10-11-1-4-13(19)5-2-11/h1-6,9,20H,7-8,10H2,(H,21,22). The van der Waals surface area contributed by atoms with E-state index in [4.69, 9.17) is 23.2 Å². The molecule has 0 spiro atoms. The number of amides is 1. The Bertz CT molecular complexity index is 647. The molecule has 22 heavy (non-hydrogen) atoms. The molecule has 3 nitrogen and oxygen atoms in total. The average molecular weight is 341 g/mol. The maximum absolute atomic E-state index is 12.8. The first-order chi connectivity index (χ1) is 10.5. The Labute approximate surface area is 138 Å². The third-order valence-corrected chi connectivity index (χ3v) is 3.54. The van der Waals surface area contributed by atoms with Crippen LogP contribution in [0.1, 0.15) is 12.0 Å². The summed E-state index contributed by atoms with van der Waals surface area (Å²) in [4.78, 5) is 11.8. The van der Waals surface area contributed by atoms with E-state index in [1.165, 1.54) is 12.1 Å². The number of hydrogen-bond donors (Lipinski definition) is 2. The van der Waals surface area contributed by atoms with Crippen molar-refractivity contribution in [2.45, 2.75) is 13.0 Å². The SMILES string of the molecule is O=C(CCNCc1ccc(F)cc1)Nc1cc(Cl)ccc1Cl. The molecule has 0 aliphatic rings. The van der Waals surface area contributed by atoms with Gasteiger partial charge in [0.05, 0.1) is 10.7 Å². The molecule has 2 rings (SSSR count). The van der Waals surface area contributed by atoms with Crippen LogP contribution in [0.2, 0.25) is 10.0 Å². The van der Waals surface area contributed by atoms with E-state index in [-0.39, 0.29) is 11.7 Å². The Hall–Kier alpha value is -1.62. The summed E-state index contributed by atoms with van der Waals surface area (Å²) in [7, 11) is 0. The van der Waals surface area contributed by atoms with Crippen molar-refractivity contribution in [3.8, 4) is 0 Å². The fourth-order valence-electron chi connectivity index (χ4n) is 1.84. The van der Waals surface area contributed by atoms with Gasteiger partial charge in [-0.2, -0.15) is 0 Å². The smallest absolute Gasteiger partial charge is 0.225 e. The lowest BCUT2D eigenvalue weighted by Gasteiger charge is -2.08. The highest BCUT2D eigenvalue weighted by molar-refractivity contribution is 6.35. The van der Waals surface area contributed by atoms with Crippen molar-refractivity contribution in [3.05, 3.63) is 63.9 Å². The first-order valence-corrected chi connectivity index (χ1v) is 7.50. The predicted octanol–water partition coefficient (Wildman–Crippen LogP) is 4.25. The van der Waals surface area contributed by atoms with Crippen LogP contribution in [-0.4, -0.2) is 12.5 Å². The van der Waals surface area contributed by atoms with E-state index in [0.717, 1.165) is 5.56 Å². The molecular weight excluding hydrogens is 326 g/mol. The number of benzene rings is 2. The molecule has 0 bridgehead atoms. The van der Waals surface area contributed by atoms with Crippen molar-refractivity contribution in [2.75, 3.05) is 11.9 Å². The molecule has 0 saturated carbocycles. The van der Waals surface area contributed by atoms with Gasteiger partial charge in [-0.05, 0) is 35.9 Å². The van der Waals surface area contributed by atoms with Gasteiger partial charge in [-0.15, -0.1) is 0 Å². The number of anilines is 1. The minimum absolute atomic E-state index is 0.157. The second-order valence-corrected chi connectivity index (χ2v) is 5.57. The van der Waals surface area contributed by atoms with Crippen molar-refractivity contribution in [1.29, 1.82) is 0 Å². The summed E-state index contributed by atoms with van der Waals surface area (Å²) in [6.07, 6.45) is 0.296. The van der Waals surface area contributed by atoms with Gasteiger partial charge in [0.15, 0.2) is 0 Å². The van der Waals surface area contributed by atoms with Crippen molar-refractivity contribution in [2.24, 2.45) is 0 Å². The Morgan fingerprint density at radius 3 is 2.55 bits per heavy atom. The van der Waals surface area contributed by atoms with Gasteiger partial charge in [0.25, 0.3) is 0 Å². The third kappa shape index (κ3) is 5.30. The molecule has 2 aromatic rings. The second kappa shape index (κ2) is 8.13. The molecule has 0 aromatic heterocycles. The summed E-state index contributed by atoms with van der Waals surface area (Å²) in [6.45, 7) is 1.08. The van der Waals surface area contributed by atoms with Crippen LogP contribution in [0.5, 0.6) is 0 Å². The number of halogens is 3. The minimum Gasteiger partial charge on any atom is -0.325 e. The van der Waals surface area contributed by atoms with E-state index in [1.807, 2.05) is 0 Å². The van der Waals surface area contributed by atoms with Crippen LogP contribution in [0.3, 0.4) is 0 Å². The molecule has 6 heteroatoms. The van der Waals surface area contributed by atoms with Crippen molar-refractivity contribution in [1.82, 2.24) is 5.32 Å². The molecule has 2 N–H and O–H groups in total. The molecule has 0 radical (unpaired) electrons. The van der Waals surface area contributed by atoms with Gasteiger partial charge < -0.3 is 10.6 Å². The molecule has 0 aliphatic carbocycles. The molecule has 0 saturated heterocycles. The van der Waals surface area contributed by atoms with Gasteiger partial charge in [0.2, 0.25) is 5.91 Å². The molecule has 0 fully saturated rings. The number of rotatable bonds is 6. The van der Waals surface area contributed by atoms with Crippen LogP contribution in [0.4, 0.5) is 10.1 Å². The van der Waals surface area contributed by atoms with Gasteiger partial charge in [0.1, 0.15) is 5.82 Å². The van der Waals surface area contributed by atoms with E-state index in [1.54, 1.807) is 30.3 Å². The number of nitrogens with one attached hydrogen (secondary N) is 2. The summed E-state index contributed by atoms with van der Waals surface area (Å²) in [5.41, 5.74) is 1.46. The molecule has 0 heterocycles. The third-order valence-electron chi connectivity index (χ3n) is 2.97. The van der Waals surface area contributed by atoms with E-state index < -0.39 is 0 Å². The lowest BCUT2D eigenvalue weighted by atomic mass is 10.2. The van der Waals surface area contributed by atoms with Crippen LogP contribution in [-0.2, 0) is 11.3 Å². The first kappa shape index (κ1) is 16.7. The lowest BCUT2D eigenvalue weighted by molar-refractivity contribution is -0.116. The Balaban J connectivity index is 1.74. The molecule has 2 aromatic carbocycles. The summed E-state index contributed by atoms with van der Waals surface area (Å²) in [5.74, 6) is -0.419. The highest BCUT2D eigenvalue weighted by atomic mass is 35.5. The number of carbonyl (C=O) groups is 1. The maximum atomic E-state index is 12.8. The van der Waals surface area contributed by atoms with E-state index in [2.05, 4.69) is 10.6 Å². The zero-order valence-electron chi connectivity index (χ0n) is 11.7. The highest BCUT2D eigenvalue weighted by Crippen LogP contribution is 2.25. The quantitative estimate of drug-likeness (QED) is 0.771. The predicted molar refractivity (Wildman–Crippen MR) is 87.8 cm³/mol. The van der Waals surface area contributed by atoms with Crippen LogP contribution >= 0.6 is 23.2 Å². The minimum atomic E-state index is -0.262. The largest absolute Gasteiger partial charge is 0.325 e. The van der Waals surface area contributed by atoms with Gasteiger partial charge in [-0.1, -0.05) is 35.3 Å². The average Bonchev–Trinajstić information content (AvgIpc) is 2.49. The van der Waals surface area contributed by atoms with Crippen LogP contribution < -0.4 is 10.6 Å². The van der Waals surface area contributed by atoms with Gasteiger partial charge in [-0.25, -0.2) is 4.39 Å². The summed E-state index contributed by atoms with van der Waals surface area (Å²) < 4.78 is 12.8. The zero-order valence-corrected chi connectivity index (χ0v) is 13.2. The lowest BCUT2D eigenvalue weighted by Crippen LogP contribution is -2.21. The summed E-state index contributed by atoms with van der Waals surface area (Å²) in [5, 5.41) is 6.78.